The first-order valence-electron chi connectivity index (χ1n) is 11.8. The van der Waals surface area contributed by atoms with Crippen LogP contribution in [-0.4, -0.2) is 91.9 Å². The number of carbonyl (C=O) groups excluding carboxylic acids is 2. The van der Waals surface area contributed by atoms with Gasteiger partial charge in [0.25, 0.3) is 11.8 Å². The first-order valence-corrected chi connectivity index (χ1v) is 12.2. The summed E-state index contributed by atoms with van der Waals surface area (Å²) < 4.78 is 0. The summed E-state index contributed by atoms with van der Waals surface area (Å²) >= 11 is 6.31. The number of halogens is 3. The zero-order valence-corrected chi connectivity index (χ0v) is 23.9. The molecule has 0 radical (unpaired) electrons. The molecular formula is C26H36Cl3N5O2. The zero-order valence-electron chi connectivity index (χ0n) is 21.6. The van der Waals surface area contributed by atoms with E-state index in [-0.39, 0.29) is 36.6 Å². The van der Waals surface area contributed by atoms with Crippen LogP contribution in [0.4, 0.5) is 5.69 Å². The molecule has 3 heterocycles. The number of anilines is 1. The van der Waals surface area contributed by atoms with Gasteiger partial charge in [0.1, 0.15) is 0 Å². The molecule has 4 rings (SSSR count). The van der Waals surface area contributed by atoms with Crippen molar-refractivity contribution in [1.29, 1.82) is 0 Å². The summed E-state index contributed by atoms with van der Waals surface area (Å²) in [7, 11) is 6.13. The van der Waals surface area contributed by atoms with E-state index in [1.165, 1.54) is 0 Å². The van der Waals surface area contributed by atoms with Crippen LogP contribution in [-0.2, 0) is 4.79 Å². The number of aryl methyl sites for hydroxylation is 1. The van der Waals surface area contributed by atoms with Gasteiger partial charge in [0.05, 0.1) is 16.8 Å². The highest BCUT2D eigenvalue weighted by Gasteiger charge is 2.33. The monoisotopic (exact) mass is 555 g/mol. The lowest BCUT2D eigenvalue weighted by Crippen LogP contribution is -2.47. The third-order valence-electron chi connectivity index (χ3n) is 6.77. The molecule has 0 saturated carbocycles. The summed E-state index contributed by atoms with van der Waals surface area (Å²) in [5.41, 5.74) is 5.51. The van der Waals surface area contributed by atoms with Crippen molar-refractivity contribution < 1.29 is 9.59 Å². The molecule has 0 atom stereocenters. The Morgan fingerprint density at radius 3 is 2.44 bits per heavy atom. The van der Waals surface area contributed by atoms with E-state index in [9.17, 15) is 9.59 Å². The maximum Gasteiger partial charge on any atom is 0.259 e. The minimum absolute atomic E-state index is 0. The number of nitrogens with zero attached hydrogens (tertiary/aromatic N) is 4. The molecule has 0 aliphatic carbocycles. The van der Waals surface area contributed by atoms with Crippen molar-refractivity contribution in [2.75, 3.05) is 65.3 Å². The predicted octanol–water partition coefficient (Wildman–Crippen LogP) is 4.36. The average Bonchev–Trinajstić information content (AvgIpc) is 3.21. The summed E-state index contributed by atoms with van der Waals surface area (Å²) in [5, 5.41) is 0.595. The molecule has 36 heavy (non-hydrogen) atoms. The van der Waals surface area contributed by atoms with Crippen molar-refractivity contribution in [2.45, 2.75) is 20.3 Å². The first-order chi connectivity index (χ1) is 16.2. The van der Waals surface area contributed by atoms with Crippen molar-refractivity contribution in [3.05, 3.63) is 51.3 Å². The second-order valence-corrected chi connectivity index (χ2v) is 10.0. The van der Waals surface area contributed by atoms with Crippen molar-refractivity contribution in [3.63, 3.8) is 0 Å². The van der Waals surface area contributed by atoms with Crippen LogP contribution in [0.5, 0.6) is 0 Å². The summed E-state index contributed by atoms with van der Waals surface area (Å²) in [6, 6.07) is 5.60. The lowest BCUT2D eigenvalue weighted by molar-refractivity contribution is -0.113. The largest absolute Gasteiger partial charge is 0.358 e. The Bertz CT molecular complexity index is 1140. The topological polar surface area (TPSA) is 62.9 Å². The highest BCUT2D eigenvalue weighted by molar-refractivity contribution is 6.37. The summed E-state index contributed by atoms with van der Waals surface area (Å²) in [6.45, 7) is 8.61. The van der Waals surface area contributed by atoms with Gasteiger partial charge in [-0.1, -0.05) is 11.6 Å². The smallest absolute Gasteiger partial charge is 0.259 e. The minimum Gasteiger partial charge on any atom is -0.358 e. The van der Waals surface area contributed by atoms with E-state index >= 15 is 0 Å². The van der Waals surface area contributed by atoms with Crippen molar-refractivity contribution in [2.24, 2.45) is 0 Å². The molecule has 2 aliphatic heterocycles. The lowest BCUT2D eigenvalue weighted by Gasteiger charge is -2.32. The SMILES string of the molecule is Cc1[nH]c(/C=C2\C(=O)N(CCCN(C)C)c3ccc(Cl)cc32)c(C)c1C(=O)N1CCN(C)CC1.Cl.Cl. The number of hydrogen-bond acceptors (Lipinski definition) is 4. The van der Waals surface area contributed by atoms with Crippen LogP contribution in [0.3, 0.4) is 0 Å². The predicted molar refractivity (Wildman–Crippen MR) is 153 cm³/mol. The number of piperazine rings is 1. The number of H-pyrrole nitrogens is 1. The Balaban J connectivity index is 0.00000228. The standard InChI is InChI=1S/C26H34ClN5O2.2ClH/c1-17-22(28-18(2)24(17)26(34)31-13-11-30(5)12-14-31)16-21-20-15-19(27)7-8-23(20)32(25(21)33)10-6-9-29(3)4;;/h7-8,15-16,28H,6,9-14H2,1-5H3;2*1H/b21-16-;;. The second-order valence-electron chi connectivity index (χ2n) is 9.59. The summed E-state index contributed by atoms with van der Waals surface area (Å²) in [6.07, 6.45) is 2.75. The molecule has 7 nitrogen and oxygen atoms in total. The van der Waals surface area contributed by atoms with Crippen LogP contribution >= 0.6 is 36.4 Å². The zero-order chi connectivity index (χ0) is 24.6. The molecule has 2 aromatic rings. The molecule has 0 bridgehead atoms. The molecule has 1 aromatic heterocycles. The van der Waals surface area contributed by atoms with E-state index in [1.54, 1.807) is 0 Å². The van der Waals surface area contributed by atoms with Gasteiger partial charge in [0, 0.05) is 54.7 Å². The normalized spacial score (nSPS) is 16.9. The lowest BCUT2D eigenvalue weighted by atomic mass is 10.0. The Kier molecular flexibility index (Phi) is 10.5. The van der Waals surface area contributed by atoms with Gasteiger partial charge >= 0.3 is 0 Å². The maximum absolute atomic E-state index is 13.5. The Morgan fingerprint density at radius 2 is 1.81 bits per heavy atom. The molecule has 0 spiro atoms. The number of aromatic amines is 1. The van der Waals surface area contributed by atoms with Gasteiger partial charge in [-0.3, -0.25) is 9.59 Å². The molecule has 2 amide bonds. The van der Waals surface area contributed by atoms with E-state index < -0.39 is 0 Å². The van der Waals surface area contributed by atoms with Crippen molar-refractivity contribution in [3.8, 4) is 0 Å². The quantitative estimate of drug-likeness (QED) is 0.537. The number of likely N-dealkylation sites (N-methyl/N-ethyl adjacent to an activating group) is 1. The molecule has 10 heteroatoms. The molecule has 1 saturated heterocycles. The average molecular weight is 557 g/mol. The van der Waals surface area contributed by atoms with E-state index in [2.05, 4.69) is 21.8 Å². The fraction of sp³-hybridized carbons (Fsp3) is 0.462. The fourth-order valence-corrected chi connectivity index (χ4v) is 4.96. The van der Waals surface area contributed by atoms with Crippen LogP contribution in [0, 0.1) is 13.8 Å². The van der Waals surface area contributed by atoms with Crippen LogP contribution in [0.15, 0.2) is 18.2 Å². The first kappa shape index (κ1) is 30.2. The van der Waals surface area contributed by atoms with E-state index in [0.717, 1.165) is 67.3 Å². The number of fused-ring (bicyclic) bond motifs is 1. The van der Waals surface area contributed by atoms with Crippen LogP contribution in [0.1, 0.15) is 39.3 Å². The van der Waals surface area contributed by atoms with Crippen molar-refractivity contribution in [1.82, 2.24) is 19.7 Å². The van der Waals surface area contributed by atoms with E-state index in [4.69, 9.17) is 11.6 Å². The van der Waals surface area contributed by atoms with Gasteiger partial charge in [0.2, 0.25) is 0 Å². The van der Waals surface area contributed by atoms with Crippen LogP contribution < -0.4 is 4.90 Å². The maximum atomic E-state index is 13.5. The van der Waals surface area contributed by atoms with Gasteiger partial charge < -0.3 is 24.6 Å². The molecule has 1 N–H and O–H groups in total. The molecule has 1 aromatic carbocycles. The second kappa shape index (κ2) is 12.5. The molecule has 198 valence electrons. The number of benzene rings is 1. The Labute approximate surface area is 231 Å². The van der Waals surface area contributed by atoms with Gasteiger partial charge in [-0.05, 0) is 77.8 Å². The van der Waals surface area contributed by atoms with Gasteiger partial charge in [-0.2, -0.15) is 0 Å². The van der Waals surface area contributed by atoms with Crippen LogP contribution in [0.25, 0.3) is 11.6 Å². The molecule has 2 aliphatic rings. The number of rotatable bonds is 6. The Hall–Kier alpha value is -2.03. The van der Waals surface area contributed by atoms with Crippen molar-refractivity contribution >= 4 is 65.6 Å². The number of aromatic nitrogens is 1. The van der Waals surface area contributed by atoms with E-state index in [1.807, 2.05) is 62.0 Å². The third kappa shape index (κ3) is 6.09. The van der Waals surface area contributed by atoms with Crippen LogP contribution in [0.2, 0.25) is 5.02 Å². The highest BCUT2D eigenvalue weighted by atomic mass is 35.5. The number of nitrogens with one attached hydrogen (secondary N) is 1. The summed E-state index contributed by atoms with van der Waals surface area (Å²) in [4.78, 5) is 38.2. The van der Waals surface area contributed by atoms with Gasteiger partial charge in [-0.15, -0.1) is 24.8 Å². The number of amides is 2. The fourth-order valence-electron chi connectivity index (χ4n) is 4.79. The van der Waals surface area contributed by atoms with Gasteiger partial charge in [0.15, 0.2) is 0 Å². The number of carbonyl (C=O) groups is 2. The number of hydrogen-bond donors (Lipinski definition) is 1. The molecular weight excluding hydrogens is 521 g/mol. The minimum atomic E-state index is -0.0328. The molecule has 1 fully saturated rings. The van der Waals surface area contributed by atoms with E-state index in [0.29, 0.717) is 22.7 Å². The summed E-state index contributed by atoms with van der Waals surface area (Å²) in [5.74, 6) is 0.0186. The third-order valence-corrected chi connectivity index (χ3v) is 7.01. The molecule has 0 unspecified atom stereocenters. The highest BCUT2D eigenvalue weighted by Crippen LogP contribution is 2.40. The Morgan fingerprint density at radius 1 is 1.14 bits per heavy atom. The van der Waals surface area contributed by atoms with Gasteiger partial charge in [-0.25, -0.2) is 0 Å².